The fourth-order valence-electron chi connectivity index (χ4n) is 3.92. The lowest BCUT2D eigenvalue weighted by atomic mass is 10.1. The van der Waals surface area contributed by atoms with Crippen LogP contribution in [0.25, 0.3) is 6.08 Å². The standard InChI is InChI=1S/C28H28N2O4S/c1-18-6-5-7-19(14-18)15-26-28(32)30(2)23-16-21(9-11-25(23)35-26)27(31)29-13-12-20-8-10-22(33-3)17-24(20)34-4/h5-11,14-17H,12-13H2,1-4H3,(H,29,31). The number of aryl methyl sites for hydroxylation is 1. The smallest absolute Gasteiger partial charge is 0.264 e. The summed E-state index contributed by atoms with van der Waals surface area (Å²) in [5.74, 6) is 1.16. The summed E-state index contributed by atoms with van der Waals surface area (Å²) in [5, 5.41) is 2.96. The van der Waals surface area contributed by atoms with E-state index >= 15 is 0 Å². The highest BCUT2D eigenvalue weighted by molar-refractivity contribution is 8.04. The highest BCUT2D eigenvalue weighted by atomic mass is 32.2. The van der Waals surface area contributed by atoms with Crippen LogP contribution in [0, 0.1) is 6.92 Å². The molecule has 4 rings (SSSR count). The van der Waals surface area contributed by atoms with Crippen LogP contribution in [-0.2, 0) is 11.2 Å². The van der Waals surface area contributed by atoms with Crippen molar-refractivity contribution in [3.05, 3.63) is 87.8 Å². The number of hydrogen-bond donors (Lipinski definition) is 1. The molecule has 0 radical (unpaired) electrons. The zero-order chi connectivity index (χ0) is 24.9. The monoisotopic (exact) mass is 488 g/mol. The molecule has 35 heavy (non-hydrogen) atoms. The first-order valence-electron chi connectivity index (χ1n) is 11.3. The van der Waals surface area contributed by atoms with Crippen LogP contribution in [-0.4, -0.2) is 39.6 Å². The van der Waals surface area contributed by atoms with Crippen molar-refractivity contribution in [3.8, 4) is 11.5 Å². The molecule has 3 aromatic rings. The Balaban J connectivity index is 1.45. The van der Waals surface area contributed by atoms with Crippen LogP contribution in [0.4, 0.5) is 5.69 Å². The zero-order valence-corrected chi connectivity index (χ0v) is 21.1. The second-order valence-corrected chi connectivity index (χ2v) is 9.34. The molecular weight excluding hydrogens is 460 g/mol. The number of carbonyl (C=O) groups is 2. The number of benzene rings is 3. The van der Waals surface area contributed by atoms with Gasteiger partial charge in [-0.1, -0.05) is 47.7 Å². The van der Waals surface area contributed by atoms with Crippen LogP contribution in [0.5, 0.6) is 11.5 Å². The van der Waals surface area contributed by atoms with Crippen molar-refractivity contribution in [1.82, 2.24) is 5.32 Å². The minimum absolute atomic E-state index is 0.0897. The Morgan fingerprint density at radius 3 is 2.63 bits per heavy atom. The predicted octanol–water partition coefficient (Wildman–Crippen LogP) is 5.09. The molecule has 0 saturated heterocycles. The number of fused-ring (bicyclic) bond motifs is 1. The second-order valence-electron chi connectivity index (χ2n) is 8.26. The average molecular weight is 489 g/mol. The maximum Gasteiger partial charge on any atom is 0.264 e. The zero-order valence-electron chi connectivity index (χ0n) is 20.3. The van der Waals surface area contributed by atoms with Crippen LogP contribution < -0.4 is 19.7 Å². The summed E-state index contributed by atoms with van der Waals surface area (Å²) in [4.78, 5) is 29.0. The molecule has 180 valence electrons. The molecule has 0 unspecified atom stereocenters. The van der Waals surface area contributed by atoms with Gasteiger partial charge < -0.3 is 19.7 Å². The Kier molecular flexibility index (Phi) is 7.46. The van der Waals surface area contributed by atoms with Gasteiger partial charge in [-0.2, -0.15) is 0 Å². The first kappa shape index (κ1) is 24.4. The summed E-state index contributed by atoms with van der Waals surface area (Å²) >= 11 is 1.43. The van der Waals surface area contributed by atoms with E-state index in [1.807, 2.05) is 61.5 Å². The lowest BCUT2D eigenvalue weighted by Gasteiger charge is -2.27. The number of amides is 2. The predicted molar refractivity (Wildman–Crippen MR) is 140 cm³/mol. The highest BCUT2D eigenvalue weighted by Gasteiger charge is 2.27. The van der Waals surface area contributed by atoms with Crippen molar-refractivity contribution in [2.45, 2.75) is 18.2 Å². The van der Waals surface area contributed by atoms with Crippen molar-refractivity contribution < 1.29 is 19.1 Å². The Morgan fingerprint density at radius 2 is 1.89 bits per heavy atom. The van der Waals surface area contributed by atoms with E-state index in [-0.39, 0.29) is 11.8 Å². The molecule has 7 heteroatoms. The number of hydrogen-bond acceptors (Lipinski definition) is 5. The Hall–Kier alpha value is -3.71. The molecule has 1 aliphatic rings. The van der Waals surface area contributed by atoms with Gasteiger partial charge in [0.1, 0.15) is 11.5 Å². The Bertz CT molecular complexity index is 1300. The van der Waals surface area contributed by atoms with E-state index in [0.29, 0.717) is 23.4 Å². The highest BCUT2D eigenvalue weighted by Crippen LogP contribution is 2.42. The van der Waals surface area contributed by atoms with Gasteiger partial charge in [0.2, 0.25) is 0 Å². The van der Waals surface area contributed by atoms with E-state index in [9.17, 15) is 9.59 Å². The van der Waals surface area contributed by atoms with E-state index in [0.717, 1.165) is 38.8 Å². The largest absolute Gasteiger partial charge is 0.497 e. The third-order valence-electron chi connectivity index (χ3n) is 5.83. The fraction of sp³-hybridized carbons (Fsp3) is 0.214. The second kappa shape index (κ2) is 10.7. The van der Waals surface area contributed by atoms with Crippen molar-refractivity contribution in [3.63, 3.8) is 0 Å². The van der Waals surface area contributed by atoms with Crippen LogP contribution in [0.3, 0.4) is 0 Å². The fourth-order valence-corrected chi connectivity index (χ4v) is 5.01. The molecule has 2 amide bonds. The van der Waals surface area contributed by atoms with Crippen LogP contribution >= 0.6 is 11.8 Å². The van der Waals surface area contributed by atoms with Crippen molar-refractivity contribution in [2.24, 2.45) is 0 Å². The van der Waals surface area contributed by atoms with E-state index in [1.54, 1.807) is 38.3 Å². The number of ether oxygens (including phenoxy) is 2. The van der Waals surface area contributed by atoms with Crippen LogP contribution in [0.2, 0.25) is 0 Å². The van der Waals surface area contributed by atoms with Gasteiger partial charge in [0.25, 0.3) is 11.8 Å². The van der Waals surface area contributed by atoms with Crippen molar-refractivity contribution in [2.75, 3.05) is 32.7 Å². The molecule has 0 fully saturated rings. The van der Waals surface area contributed by atoms with Gasteiger partial charge in [-0.15, -0.1) is 0 Å². The molecule has 0 atom stereocenters. The lowest BCUT2D eigenvalue weighted by molar-refractivity contribution is -0.114. The summed E-state index contributed by atoms with van der Waals surface area (Å²) in [5.41, 5.74) is 4.35. The van der Waals surface area contributed by atoms with Gasteiger partial charge in [-0.05, 0) is 54.8 Å². The van der Waals surface area contributed by atoms with Crippen LogP contribution in [0.15, 0.2) is 70.5 Å². The molecule has 0 aromatic heterocycles. The molecule has 1 N–H and O–H groups in total. The minimum atomic E-state index is -0.188. The number of carbonyl (C=O) groups excluding carboxylic acids is 2. The Morgan fingerprint density at radius 1 is 1.06 bits per heavy atom. The molecule has 1 heterocycles. The summed E-state index contributed by atoms with van der Waals surface area (Å²) < 4.78 is 10.7. The molecule has 6 nitrogen and oxygen atoms in total. The number of nitrogens with zero attached hydrogens (tertiary/aromatic N) is 1. The SMILES string of the molecule is COc1ccc(CCNC(=O)c2ccc3c(c2)N(C)C(=O)C(=Cc2cccc(C)c2)S3)c(OC)c1. The molecule has 0 bridgehead atoms. The van der Waals surface area contributed by atoms with E-state index in [1.165, 1.54) is 11.8 Å². The quantitative estimate of drug-likeness (QED) is 0.469. The normalized spacial score (nSPS) is 14.0. The van der Waals surface area contributed by atoms with Gasteiger partial charge >= 0.3 is 0 Å². The Labute approximate surface area is 209 Å². The summed E-state index contributed by atoms with van der Waals surface area (Å²) in [6.07, 6.45) is 2.53. The first-order valence-corrected chi connectivity index (χ1v) is 12.1. The number of methoxy groups -OCH3 is 2. The summed E-state index contributed by atoms with van der Waals surface area (Å²) in [6.45, 7) is 2.48. The van der Waals surface area contributed by atoms with Gasteiger partial charge in [0.05, 0.1) is 24.8 Å². The van der Waals surface area contributed by atoms with E-state index in [4.69, 9.17) is 9.47 Å². The van der Waals surface area contributed by atoms with Gasteiger partial charge in [0, 0.05) is 30.1 Å². The molecule has 3 aromatic carbocycles. The van der Waals surface area contributed by atoms with Gasteiger partial charge in [-0.25, -0.2) is 0 Å². The average Bonchev–Trinajstić information content (AvgIpc) is 2.87. The maximum atomic E-state index is 13.0. The lowest BCUT2D eigenvalue weighted by Crippen LogP contribution is -2.31. The van der Waals surface area contributed by atoms with Crippen molar-refractivity contribution >= 4 is 35.3 Å². The topological polar surface area (TPSA) is 67.9 Å². The number of likely N-dealkylation sites (N-methyl/N-ethyl adjacent to an activating group) is 1. The number of rotatable bonds is 7. The third kappa shape index (κ3) is 5.52. The molecule has 0 spiro atoms. The summed E-state index contributed by atoms with van der Waals surface area (Å²) in [7, 11) is 4.96. The molecular formula is C28H28N2O4S. The number of nitrogens with one attached hydrogen (secondary N) is 1. The third-order valence-corrected chi connectivity index (χ3v) is 6.91. The number of thioether (sulfide) groups is 1. The van der Waals surface area contributed by atoms with Gasteiger partial charge in [-0.3, -0.25) is 9.59 Å². The van der Waals surface area contributed by atoms with Crippen LogP contribution in [0.1, 0.15) is 27.0 Å². The molecule has 1 aliphatic heterocycles. The summed E-state index contributed by atoms with van der Waals surface area (Å²) in [6, 6.07) is 19.1. The molecule has 0 aliphatic carbocycles. The van der Waals surface area contributed by atoms with E-state index < -0.39 is 0 Å². The molecule has 0 saturated carbocycles. The first-order chi connectivity index (χ1) is 16.9. The number of anilines is 1. The van der Waals surface area contributed by atoms with Crippen molar-refractivity contribution in [1.29, 1.82) is 0 Å². The van der Waals surface area contributed by atoms with E-state index in [2.05, 4.69) is 5.32 Å². The minimum Gasteiger partial charge on any atom is -0.497 e. The van der Waals surface area contributed by atoms with Gasteiger partial charge in [0.15, 0.2) is 0 Å². The maximum absolute atomic E-state index is 13.0.